The molecule has 2 N–H and O–H groups in total. The average molecular weight is 792 g/mol. The fourth-order valence-electron chi connectivity index (χ4n) is 14.3. The summed E-state index contributed by atoms with van der Waals surface area (Å²) >= 11 is 0. The van der Waals surface area contributed by atoms with Crippen LogP contribution >= 0.6 is 0 Å². The highest BCUT2D eigenvalue weighted by Gasteiger charge is 2.70. The van der Waals surface area contributed by atoms with Crippen LogP contribution in [0.1, 0.15) is 115 Å². The van der Waals surface area contributed by atoms with Gasteiger partial charge in [0.1, 0.15) is 0 Å². The quantitative estimate of drug-likeness (QED) is 0.230. The molecule has 9 nitrogen and oxygen atoms in total. The Bertz CT molecular complexity index is 1830. The first-order chi connectivity index (χ1) is 26.3. The van der Waals surface area contributed by atoms with Crippen LogP contribution in [0.2, 0.25) is 0 Å². The van der Waals surface area contributed by atoms with Gasteiger partial charge in [0.25, 0.3) is 0 Å². The number of allylic oxidation sites excluding steroid dienone is 3. The number of carboxylic acid groups (broad SMARTS) is 1. The van der Waals surface area contributed by atoms with Crippen molar-refractivity contribution < 1.29 is 27.9 Å². The van der Waals surface area contributed by atoms with E-state index in [1.165, 1.54) is 36.8 Å². The number of ether oxygens (including phenoxy) is 1. The van der Waals surface area contributed by atoms with Gasteiger partial charge in [0.15, 0.2) is 9.84 Å². The van der Waals surface area contributed by atoms with Crippen LogP contribution < -0.4 is 5.32 Å². The molecule has 1 aromatic rings. The smallest absolute Gasteiger partial charge is 0.335 e. The van der Waals surface area contributed by atoms with Crippen molar-refractivity contribution in [1.82, 2.24) is 15.1 Å². The zero-order chi connectivity index (χ0) is 40.5. The fraction of sp³-hybridized carbons (Fsp3) is 0.739. The van der Waals surface area contributed by atoms with Crippen LogP contribution in [-0.2, 0) is 14.6 Å². The number of rotatable bonds is 10. The summed E-state index contributed by atoms with van der Waals surface area (Å²) in [7, 11) is -1.29. The van der Waals surface area contributed by atoms with Gasteiger partial charge in [-0.1, -0.05) is 65.0 Å². The Morgan fingerprint density at radius 3 is 2.27 bits per heavy atom. The van der Waals surface area contributed by atoms with Gasteiger partial charge in [-0.05, 0) is 139 Å². The number of benzene rings is 1. The molecule has 0 bridgehead atoms. The number of amides is 2. The van der Waals surface area contributed by atoms with E-state index in [4.69, 9.17) is 4.74 Å². The number of urea groups is 1. The Hall–Kier alpha value is -2.69. The van der Waals surface area contributed by atoms with Crippen molar-refractivity contribution in [2.45, 2.75) is 105 Å². The lowest BCUT2D eigenvalue weighted by Crippen LogP contribution is -2.69. The lowest BCUT2D eigenvalue weighted by molar-refractivity contribution is -0.218. The molecule has 0 radical (unpaired) electrons. The number of carboxylic acids is 1. The summed E-state index contributed by atoms with van der Waals surface area (Å²) in [5.74, 6) is 1.79. The van der Waals surface area contributed by atoms with Crippen molar-refractivity contribution in [3.05, 3.63) is 53.6 Å². The highest BCUT2D eigenvalue weighted by Crippen LogP contribution is 2.76. The topological polar surface area (TPSA) is 116 Å². The van der Waals surface area contributed by atoms with Gasteiger partial charge in [-0.3, -0.25) is 4.90 Å². The fourth-order valence-corrected chi connectivity index (χ4v) is 15.6. The van der Waals surface area contributed by atoms with E-state index in [1.807, 2.05) is 17.0 Å². The predicted molar refractivity (Wildman–Crippen MR) is 223 cm³/mol. The van der Waals surface area contributed by atoms with Crippen LogP contribution in [0.25, 0.3) is 5.57 Å². The third-order valence-corrected chi connectivity index (χ3v) is 19.0. The van der Waals surface area contributed by atoms with E-state index in [9.17, 15) is 23.1 Å². The molecule has 10 heteroatoms. The number of aromatic carboxylic acids is 1. The van der Waals surface area contributed by atoms with E-state index < -0.39 is 15.8 Å². The van der Waals surface area contributed by atoms with Crippen molar-refractivity contribution in [2.24, 2.45) is 51.2 Å². The maximum absolute atomic E-state index is 14.5. The van der Waals surface area contributed by atoms with Crippen molar-refractivity contribution in [1.29, 1.82) is 0 Å². The Morgan fingerprint density at radius 1 is 0.929 bits per heavy atom. The number of hydrogen-bond acceptors (Lipinski definition) is 6. The highest BCUT2D eigenvalue weighted by molar-refractivity contribution is 7.91. The summed E-state index contributed by atoms with van der Waals surface area (Å²) in [4.78, 5) is 30.2. The molecule has 6 aliphatic rings. The number of sulfone groups is 1. The molecular formula is C46H69N3O6S. The van der Waals surface area contributed by atoms with E-state index in [0.29, 0.717) is 74.5 Å². The van der Waals surface area contributed by atoms with Gasteiger partial charge in [0, 0.05) is 45.4 Å². The van der Waals surface area contributed by atoms with Crippen LogP contribution in [0.15, 0.2) is 42.5 Å². The summed E-state index contributed by atoms with van der Waals surface area (Å²) in [6.45, 7) is 22.7. The zero-order valence-corrected chi connectivity index (χ0v) is 36.1. The van der Waals surface area contributed by atoms with Gasteiger partial charge in [-0.15, -0.1) is 0 Å². The number of methoxy groups -OCH3 is 1. The van der Waals surface area contributed by atoms with Crippen LogP contribution in [0.5, 0.6) is 0 Å². The Labute approximate surface area is 337 Å². The van der Waals surface area contributed by atoms with Crippen molar-refractivity contribution in [3.8, 4) is 0 Å². The molecule has 1 aromatic carbocycles. The second kappa shape index (κ2) is 14.8. The third kappa shape index (κ3) is 6.79. The predicted octanol–water partition coefficient (Wildman–Crippen LogP) is 8.18. The SMILES string of the molecule is C=C(C)[C@@H]1CC[C@]2(NC(=O)N(CCOC)CCN3CCS(=O)(=O)CC3)CC[C@]3(C)[C@H](CC[C@@H]4[C@@]5(C)CC=C(c6ccc(C(=O)O)cc6)C(C)(C)[C@@H]5CC[C@]43C)[C@@H]12. The second-order valence-electron chi connectivity index (χ2n) is 20.2. The highest BCUT2D eigenvalue weighted by atomic mass is 32.2. The summed E-state index contributed by atoms with van der Waals surface area (Å²) in [6.07, 6.45) is 12.4. The van der Waals surface area contributed by atoms with Gasteiger partial charge in [-0.2, -0.15) is 0 Å². The van der Waals surface area contributed by atoms with E-state index in [1.54, 1.807) is 19.2 Å². The first-order valence-electron chi connectivity index (χ1n) is 21.5. The van der Waals surface area contributed by atoms with Crippen molar-refractivity contribution >= 4 is 27.4 Å². The second-order valence-corrected chi connectivity index (χ2v) is 22.5. The van der Waals surface area contributed by atoms with Gasteiger partial charge in [0.2, 0.25) is 0 Å². The molecular weight excluding hydrogens is 723 g/mol. The van der Waals surface area contributed by atoms with Gasteiger partial charge in [0.05, 0.1) is 23.7 Å². The number of fused-ring (bicyclic) bond motifs is 7. The monoisotopic (exact) mass is 791 g/mol. The lowest BCUT2D eigenvalue weighted by Gasteiger charge is -2.72. The van der Waals surface area contributed by atoms with Crippen molar-refractivity contribution in [3.63, 3.8) is 0 Å². The molecule has 5 aliphatic carbocycles. The van der Waals surface area contributed by atoms with E-state index in [-0.39, 0.29) is 44.7 Å². The maximum atomic E-state index is 14.5. The average Bonchev–Trinajstić information content (AvgIpc) is 3.52. The molecule has 310 valence electrons. The number of hydrogen-bond donors (Lipinski definition) is 2. The third-order valence-electron chi connectivity index (χ3n) is 17.4. The summed E-state index contributed by atoms with van der Waals surface area (Å²) < 4.78 is 29.6. The number of nitrogens with one attached hydrogen (secondary N) is 1. The number of carbonyl (C=O) groups excluding carboxylic acids is 1. The Morgan fingerprint density at radius 2 is 1.62 bits per heavy atom. The lowest BCUT2D eigenvalue weighted by atomic mass is 9.33. The molecule has 9 atom stereocenters. The standard InChI is InChI=1S/C46H69N3O6S/c1-31(2)34-15-20-46(47-41(52)49(25-28-55-8)24-23-48-26-29-56(53,54)30-27-48)22-21-44(6)36(39(34)46)13-14-38-43(5)18-16-35(32-9-11-33(12-10-32)40(50)51)42(3,4)37(43)17-19-45(38,44)7/h9-12,16,34,36-39H,1,13-15,17-30H2,2-8H3,(H,47,52)(H,50,51)/t34-,36+,37-,38+,39+,43-,44+,45+,46-/m0/s1. The molecule has 0 spiro atoms. The van der Waals surface area contributed by atoms with Crippen LogP contribution in [0, 0.1) is 51.2 Å². The molecule has 1 aliphatic heterocycles. The largest absolute Gasteiger partial charge is 0.478 e. The number of nitrogens with zero attached hydrogens (tertiary/aromatic N) is 2. The normalized spacial score (nSPS) is 38.6. The van der Waals surface area contributed by atoms with Crippen LogP contribution in [-0.4, -0.2) is 98.8 Å². The minimum Gasteiger partial charge on any atom is -0.478 e. The molecule has 0 aromatic heterocycles. The maximum Gasteiger partial charge on any atom is 0.335 e. The summed E-state index contributed by atoms with van der Waals surface area (Å²) in [5, 5.41) is 13.3. The van der Waals surface area contributed by atoms with Crippen LogP contribution in [0.3, 0.4) is 0 Å². The van der Waals surface area contributed by atoms with E-state index >= 15 is 0 Å². The molecule has 0 unspecified atom stereocenters. The first-order valence-corrected chi connectivity index (χ1v) is 23.3. The number of carbonyl (C=O) groups is 2. The summed E-state index contributed by atoms with van der Waals surface area (Å²) in [5.41, 5.74) is 4.21. The minimum atomic E-state index is -2.96. The molecule has 7 rings (SSSR count). The Balaban J connectivity index is 1.14. The zero-order valence-electron chi connectivity index (χ0n) is 35.3. The molecule has 5 fully saturated rings. The van der Waals surface area contributed by atoms with Gasteiger partial charge >= 0.3 is 12.0 Å². The summed E-state index contributed by atoms with van der Waals surface area (Å²) in [6, 6.07) is 7.49. The first kappa shape index (κ1) is 41.5. The van der Waals surface area contributed by atoms with Gasteiger partial charge in [-0.25, -0.2) is 18.0 Å². The molecule has 1 saturated heterocycles. The molecule has 2 amide bonds. The van der Waals surface area contributed by atoms with Gasteiger partial charge < -0.3 is 20.1 Å². The van der Waals surface area contributed by atoms with Crippen molar-refractivity contribution in [2.75, 3.05) is 57.9 Å². The minimum absolute atomic E-state index is 0.0137. The molecule has 56 heavy (non-hydrogen) atoms. The molecule has 4 saturated carbocycles. The van der Waals surface area contributed by atoms with E-state index in [0.717, 1.165) is 37.7 Å². The van der Waals surface area contributed by atoms with E-state index in [2.05, 4.69) is 64.4 Å². The van der Waals surface area contributed by atoms with Crippen LogP contribution in [0.4, 0.5) is 4.79 Å². The molecule has 1 heterocycles. The Kier molecular flexibility index (Phi) is 11.0.